The molecule has 7 heteroatoms. The minimum Gasteiger partial charge on any atom is -0.493 e. The Balaban J connectivity index is 2.23. The highest BCUT2D eigenvalue weighted by Crippen LogP contribution is 2.48. The highest BCUT2D eigenvalue weighted by Gasteiger charge is 2.41. The molecule has 2 aromatic carbocycles. The van der Waals surface area contributed by atoms with Crippen molar-refractivity contribution in [2.75, 3.05) is 35.0 Å². The van der Waals surface area contributed by atoms with Crippen LogP contribution in [0.25, 0.3) is 0 Å². The minimum atomic E-state index is -0.510. The quantitative estimate of drug-likeness (QED) is 0.737. The van der Waals surface area contributed by atoms with Crippen molar-refractivity contribution < 1.29 is 28.8 Å². The highest BCUT2D eigenvalue weighted by atomic mass is 16.5. The summed E-state index contributed by atoms with van der Waals surface area (Å²) in [6, 6.07) is 9.40. The Morgan fingerprint density at radius 3 is 2.10 bits per heavy atom. The van der Waals surface area contributed by atoms with E-state index in [0.717, 1.165) is 16.7 Å². The van der Waals surface area contributed by atoms with Crippen molar-refractivity contribution in [1.29, 1.82) is 0 Å². The summed E-state index contributed by atoms with van der Waals surface area (Å²) in [7, 11) is 6.29. The van der Waals surface area contributed by atoms with Crippen molar-refractivity contribution in [2.45, 2.75) is 12.3 Å². The van der Waals surface area contributed by atoms with Crippen molar-refractivity contribution in [3.63, 3.8) is 0 Å². The van der Waals surface area contributed by atoms with Crippen LogP contribution in [0.2, 0.25) is 0 Å². The predicted octanol–water partition coefficient (Wildman–Crippen LogP) is 2.12. The average Bonchev–Trinajstić information content (AvgIpc) is 2.75. The van der Waals surface area contributed by atoms with Crippen LogP contribution in [0.15, 0.2) is 30.3 Å². The topological polar surface area (TPSA) is 100 Å². The molecule has 1 amide bonds. The van der Waals surface area contributed by atoms with Gasteiger partial charge in [0.15, 0.2) is 23.0 Å². The Hall–Kier alpha value is -2.93. The van der Waals surface area contributed by atoms with Gasteiger partial charge >= 0.3 is 0 Å². The van der Waals surface area contributed by atoms with Crippen molar-refractivity contribution in [1.82, 2.24) is 0 Å². The van der Waals surface area contributed by atoms with Crippen LogP contribution in [0.4, 0.5) is 0 Å². The van der Waals surface area contributed by atoms with Crippen molar-refractivity contribution in [2.24, 2.45) is 17.6 Å². The monoisotopic (exact) mass is 401 g/mol. The maximum atomic E-state index is 12.2. The molecule has 7 nitrogen and oxygen atoms in total. The summed E-state index contributed by atoms with van der Waals surface area (Å²) in [5.41, 5.74) is 8.50. The lowest BCUT2D eigenvalue weighted by molar-refractivity contribution is -0.124. The number of aliphatic hydroxyl groups excluding tert-OH is 1. The number of aliphatic hydroxyl groups is 1. The molecule has 3 unspecified atom stereocenters. The number of primary amides is 1. The molecule has 3 N–H and O–H groups in total. The first kappa shape index (κ1) is 20.8. The predicted molar refractivity (Wildman–Crippen MR) is 108 cm³/mol. The summed E-state index contributed by atoms with van der Waals surface area (Å²) in [6.07, 6.45) is 0.431. The Morgan fingerprint density at radius 2 is 1.55 bits per heavy atom. The van der Waals surface area contributed by atoms with Gasteiger partial charge in [-0.3, -0.25) is 4.79 Å². The summed E-state index contributed by atoms with van der Waals surface area (Å²) in [6.45, 7) is -0.180. The number of nitrogens with two attached hydrogens (primary N) is 1. The number of hydrogen-bond donors (Lipinski definition) is 2. The highest BCUT2D eigenvalue weighted by molar-refractivity contribution is 5.78. The van der Waals surface area contributed by atoms with Crippen molar-refractivity contribution in [3.8, 4) is 23.0 Å². The van der Waals surface area contributed by atoms with E-state index in [1.165, 1.54) is 0 Å². The second-order valence-electron chi connectivity index (χ2n) is 7.06. The fourth-order valence-corrected chi connectivity index (χ4v) is 4.27. The zero-order valence-corrected chi connectivity index (χ0v) is 17.1. The molecular formula is C22H27NO6. The van der Waals surface area contributed by atoms with Gasteiger partial charge in [-0.25, -0.2) is 0 Å². The number of fused-ring (bicyclic) bond motifs is 1. The summed E-state index contributed by atoms with van der Waals surface area (Å²) in [5.74, 6) is 0.751. The molecular weight excluding hydrogens is 374 g/mol. The molecule has 0 heterocycles. The van der Waals surface area contributed by atoms with Gasteiger partial charge in [0, 0.05) is 24.4 Å². The zero-order chi connectivity index (χ0) is 21.1. The van der Waals surface area contributed by atoms with Gasteiger partial charge in [-0.2, -0.15) is 0 Å². The lowest BCUT2D eigenvalue weighted by Crippen LogP contribution is -2.40. The lowest BCUT2D eigenvalue weighted by Gasteiger charge is -2.38. The van der Waals surface area contributed by atoms with Gasteiger partial charge < -0.3 is 29.8 Å². The van der Waals surface area contributed by atoms with Gasteiger partial charge in [0.05, 0.1) is 28.4 Å². The second kappa shape index (κ2) is 8.61. The SMILES string of the molecule is COc1ccc(C2c3cc(OC)c(OC)cc3CC(C(N)=O)C2CO)cc1OC. The van der Waals surface area contributed by atoms with Crippen LogP contribution >= 0.6 is 0 Å². The zero-order valence-electron chi connectivity index (χ0n) is 17.1. The number of benzene rings is 2. The Morgan fingerprint density at radius 1 is 0.966 bits per heavy atom. The molecule has 156 valence electrons. The van der Waals surface area contributed by atoms with Crippen LogP contribution in [0.5, 0.6) is 23.0 Å². The van der Waals surface area contributed by atoms with E-state index in [4.69, 9.17) is 24.7 Å². The lowest BCUT2D eigenvalue weighted by atomic mass is 9.66. The fourth-order valence-electron chi connectivity index (χ4n) is 4.27. The van der Waals surface area contributed by atoms with Gasteiger partial charge in [0.2, 0.25) is 5.91 Å². The van der Waals surface area contributed by atoms with Crippen LogP contribution in [0.3, 0.4) is 0 Å². The average molecular weight is 401 g/mol. The first-order valence-electron chi connectivity index (χ1n) is 9.35. The van der Waals surface area contributed by atoms with Crippen LogP contribution in [-0.2, 0) is 11.2 Å². The standard InChI is InChI=1S/C22H27NO6/c1-26-17-6-5-12(8-18(17)27-2)21-14-10-20(29-4)19(28-3)9-13(14)7-15(22(23)25)16(21)11-24/h5-6,8-10,15-16,21,24H,7,11H2,1-4H3,(H2,23,25). The van der Waals surface area contributed by atoms with E-state index < -0.39 is 11.8 Å². The summed E-state index contributed by atoms with van der Waals surface area (Å²) >= 11 is 0. The first-order valence-corrected chi connectivity index (χ1v) is 9.35. The van der Waals surface area contributed by atoms with Crippen LogP contribution < -0.4 is 24.7 Å². The van der Waals surface area contributed by atoms with Gasteiger partial charge in [-0.15, -0.1) is 0 Å². The molecule has 0 bridgehead atoms. The Kier molecular flexibility index (Phi) is 6.17. The maximum Gasteiger partial charge on any atom is 0.221 e. The molecule has 0 aliphatic heterocycles. The van der Waals surface area contributed by atoms with E-state index in [-0.39, 0.29) is 18.4 Å². The third-order valence-corrected chi connectivity index (χ3v) is 5.71. The smallest absolute Gasteiger partial charge is 0.221 e. The van der Waals surface area contributed by atoms with Crippen molar-refractivity contribution >= 4 is 5.91 Å². The molecule has 0 aromatic heterocycles. The van der Waals surface area contributed by atoms with E-state index in [9.17, 15) is 9.90 Å². The van der Waals surface area contributed by atoms with Crippen LogP contribution in [0, 0.1) is 11.8 Å². The molecule has 0 saturated heterocycles. The van der Waals surface area contributed by atoms with Gasteiger partial charge in [-0.05, 0) is 47.4 Å². The molecule has 0 saturated carbocycles. The minimum absolute atomic E-state index is 0.180. The number of methoxy groups -OCH3 is 4. The normalized spacial score (nSPS) is 20.5. The molecule has 29 heavy (non-hydrogen) atoms. The van der Waals surface area contributed by atoms with E-state index in [0.29, 0.717) is 29.4 Å². The first-order chi connectivity index (χ1) is 14.0. The number of carbonyl (C=O) groups is 1. The summed E-state index contributed by atoms with van der Waals surface area (Å²) < 4.78 is 21.7. The Bertz CT molecular complexity index is 897. The molecule has 0 radical (unpaired) electrons. The number of carbonyl (C=O) groups excluding carboxylic acids is 1. The third-order valence-electron chi connectivity index (χ3n) is 5.71. The van der Waals surface area contributed by atoms with E-state index in [1.54, 1.807) is 28.4 Å². The maximum absolute atomic E-state index is 12.2. The summed E-state index contributed by atoms with van der Waals surface area (Å²) in [4.78, 5) is 12.2. The third kappa shape index (κ3) is 3.70. The molecule has 1 aliphatic rings. The fraction of sp³-hybridized carbons (Fsp3) is 0.409. The molecule has 3 rings (SSSR count). The van der Waals surface area contributed by atoms with Crippen LogP contribution in [0.1, 0.15) is 22.6 Å². The number of rotatable bonds is 7. The van der Waals surface area contributed by atoms with E-state index in [1.807, 2.05) is 30.3 Å². The van der Waals surface area contributed by atoms with Crippen LogP contribution in [-0.4, -0.2) is 46.1 Å². The van der Waals surface area contributed by atoms with Gasteiger partial charge in [0.1, 0.15) is 0 Å². The van der Waals surface area contributed by atoms with E-state index in [2.05, 4.69) is 0 Å². The van der Waals surface area contributed by atoms with Gasteiger partial charge in [-0.1, -0.05) is 6.07 Å². The van der Waals surface area contributed by atoms with E-state index >= 15 is 0 Å². The largest absolute Gasteiger partial charge is 0.493 e. The number of ether oxygens (including phenoxy) is 4. The van der Waals surface area contributed by atoms with Crippen molar-refractivity contribution in [3.05, 3.63) is 47.0 Å². The Labute approximate surface area is 170 Å². The number of amides is 1. The van der Waals surface area contributed by atoms with Gasteiger partial charge in [0.25, 0.3) is 0 Å². The molecule has 0 fully saturated rings. The second-order valence-corrected chi connectivity index (χ2v) is 7.06. The molecule has 1 aliphatic carbocycles. The summed E-state index contributed by atoms with van der Waals surface area (Å²) in [5, 5.41) is 10.2. The number of hydrogen-bond acceptors (Lipinski definition) is 6. The molecule has 0 spiro atoms. The molecule has 2 aromatic rings. The molecule has 3 atom stereocenters.